The number of nitrogens with zero attached hydrogens (tertiary/aromatic N) is 2. The zero-order valence-corrected chi connectivity index (χ0v) is 16.2. The molecule has 12 heteroatoms. The standard InChI is InChI=1S/C16H20F3N3O5S/c1-21(2)28(25,26)11-4-5-13(27-3)12(7-11)20-15(24)10-6-14(23)22(8-10)9-16(17,18)19/h4-5,7,10H,6,8-9H2,1-3H3,(H,20,24). The number of rotatable bonds is 6. The van der Waals surface area contributed by atoms with Crippen molar-refractivity contribution in [1.29, 1.82) is 0 Å². The lowest BCUT2D eigenvalue weighted by Crippen LogP contribution is -2.36. The molecular formula is C16H20F3N3O5S. The van der Waals surface area contributed by atoms with E-state index in [1.165, 1.54) is 39.4 Å². The number of likely N-dealkylation sites (tertiary alicyclic amines) is 1. The summed E-state index contributed by atoms with van der Waals surface area (Å²) in [4.78, 5) is 24.7. The third-order valence-corrected chi connectivity index (χ3v) is 5.97. The number of halogens is 3. The van der Waals surface area contributed by atoms with Crippen LogP contribution in [-0.2, 0) is 19.6 Å². The predicted molar refractivity (Wildman–Crippen MR) is 93.2 cm³/mol. The molecule has 1 aromatic carbocycles. The van der Waals surface area contributed by atoms with E-state index >= 15 is 0 Å². The van der Waals surface area contributed by atoms with E-state index in [4.69, 9.17) is 4.74 Å². The van der Waals surface area contributed by atoms with Gasteiger partial charge in [0, 0.05) is 27.1 Å². The fraction of sp³-hybridized carbons (Fsp3) is 0.500. The second-order valence-corrected chi connectivity index (χ2v) is 8.58. The van der Waals surface area contributed by atoms with Gasteiger partial charge in [0.2, 0.25) is 21.8 Å². The molecule has 28 heavy (non-hydrogen) atoms. The van der Waals surface area contributed by atoms with E-state index in [1.807, 2.05) is 0 Å². The average molecular weight is 423 g/mol. The van der Waals surface area contributed by atoms with Crippen molar-refractivity contribution < 1.29 is 35.9 Å². The van der Waals surface area contributed by atoms with Gasteiger partial charge >= 0.3 is 6.18 Å². The molecule has 0 radical (unpaired) electrons. The molecule has 2 amide bonds. The number of nitrogens with one attached hydrogen (secondary N) is 1. The van der Waals surface area contributed by atoms with Gasteiger partial charge in [-0.3, -0.25) is 9.59 Å². The van der Waals surface area contributed by atoms with Crippen LogP contribution in [0.1, 0.15) is 6.42 Å². The molecule has 156 valence electrons. The molecule has 0 saturated carbocycles. The van der Waals surface area contributed by atoms with Crippen molar-refractivity contribution in [1.82, 2.24) is 9.21 Å². The Hall–Kier alpha value is -2.34. The number of hydrogen-bond acceptors (Lipinski definition) is 5. The third kappa shape index (κ3) is 4.93. The van der Waals surface area contributed by atoms with Gasteiger partial charge in [-0.15, -0.1) is 0 Å². The molecule has 0 bridgehead atoms. The molecule has 1 unspecified atom stereocenters. The molecule has 1 N–H and O–H groups in total. The summed E-state index contributed by atoms with van der Waals surface area (Å²) < 4.78 is 68.1. The Labute approximate surface area is 160 Å². The highest BCUT2D eigenvalue weighted by Gasteiger charge is 2.40. The van der Waals surface area contributed by atoms with E-state index in [2.05, 4.69) is 5.32 Å². The van der Waals surface area contributed by atoms with Crippen molar-refractivity contribution >= 4 is 27.5 Å². The molecule has 0 spiro atoms. The van der Waals surface area contributed by atoms with Gasteiger partial charge in [0.1, 0.15) is 12.3 Å². The molecule has 1 aliphatic heterocycles. The Morgan fingerprint density at radius 2 is 2.00 bits per heavy atom. The number of carbonyl (C=O) groups excluding carboxylic acids is 2. The monoisotopic (exact) mass is 423 g/mol. The fourth-order valence-electron chi connectivity index (χ4n) is 2.71. The Morgan fingerprint density at radius 1 is 1.36 bits per heavy atom. The van der Waals surface area contributed by atoms with Crippen molar-refractivity contribution in [2.75, 3.05) is 39.6 Å². The van der Waals surface area contributed by atoms with Gasteiger partial charge in [-0.2, -0.15) is 13.2 Å². The minimum Gasteiger partial charge on any atom is -0.495 e. The van der Waals surface area contributed by atoms with Gasteiger partial charge in [0.15, 0.2) is 0 Å². The molecular weight excluding hydrogens is 403 g/mol. The number of hydrogen-bond donors (Lipinski definition) is 1. The van der Waals surface area contributed by atoms with Crippen LogP contribution in [-0.4, -0.2) is 69.9 Å². The zero-order chi connectivity index (χ0) is 21.3. The minimum absolute atomic E-state index is 0.0390. The van der Waals surface area contributed by atoms with Crippen molar-refractivity contribution in [3.63, 3.8) is 0 Å². The van der Waals surface area contributed by atoms with Crippen LogP contribution in [0.5, 0.6) is 5.75 Å². The van der Waals surface area contributed by atoms with Crippen LogP contribution in [0.3, 0.4) is 0 Å². The summed E-state index contributed by atoms with van der Waals surface area (Å²) >= 11 is 0. The summed E-state index contributed by atoms with van der Waals surface area (Å²) in [6.07, 6.45) is -4.92. The number of benzene rings is 1. The highest BCUT2D eigenvalue weighted by Crippen LogP contribution is 2.30. The number of alkyl halides is 3. The molecule has 1 aliphatic rings. The Morgan fingerprint density at radius 3 is 2.54 bits per heavy atom. The Bertz CT molecular complexity index is 871. The van der Waals surface area contributed by atoms with Crippen LogP contribution < -0.4 is 10.1 Å². The minimum atomic E-state index is -4.56. The van der Waals surface area contributed by atoms with Crippen LogP contribution >= 0.6 is 0 Å². The fourth-order valence-corrected chi connectivity index (χ4v) is 3.64. The highest BCUT2D eigenvalue weighted by atomic mass is 32.2. The summed E-state index contributed by atoms with van der Waals surface area (Å²) in [6, 6.07) is 3.84. The van der Waals surface area contributed by atoms with Crippen molar-refractivity contribution in [2.24, 2.45) is 5.92 Å². The average Bonchev–Trinajstić information content (AvgIpc) is 2.93. The SMILES string of the molecule is COc1ccc(S(=O)(=O)N(C)C)cc1NC(=O)C1CC(=O)N(CC(F)(F)F)C1. The van der Waals surface area contributed by atoms with Crippen LogP contribution in [0.15, 0.2) is 23.1 Å². The number of amides is 2. The first kappa shape index (κ1) is 22.0. The summed E-state index contributed by atoms with van der Waals surface area (Å²) in [5, 5.41) is 2.45. The van der Waals surface area contributed by atoms with Crippen molar-refractivity contribution in [2.45, 2.75) is 17.5 Å². The first-order chi connectivity index (χ1) is 12.8. The number of anilines is 1. The van der Waals surface area contributed by atoms with E-state index in [9.17, 15) is 31.2 Å². The maximum atomic E-state index is 12.5. The number of ether oxygens (including phenoxy) is 1. The van der Waals surface area contributed by atoms with E-state index in [0.717, 1.165) is 4.31 Å². The predicted octanol–water partition coefficient (Wildman–Crippen LogP) is 1.29. The summed E-state index contributed by atoms with van der Waals surface area (Å²) in [6.45, 7) is -1.79. The summed E-state index contributed by atoms with van der Waals surface area (Å²) in [5.74, 6) is -2.29. The van der Waals surface area contributed by atoms with Gasteiger partial charge in [-0.25, -0.2) is 12.7 Å². The maximum Gasteiger partial charge on any atom is 0.406 e. The van der Waals surface area contributed by atoms with E-state index < -0.39 is 40.5 Å². The largest absolute Gasteiger partial charge is 0.495 e. The van der Waals surface area contributed by atoms with Crippen LogP contribution in [0.2, 0.25) is 0 Å². The topological polar surface area (TPSA) is 96.0 Å². The number of sulfonamides is 1. The molecule has 0 aliphatic carbocycles. The molecule has 1 heterocycles. The first-order valence-corrected chi connectivity index (χ1v) is 9.55. The summed E-state index contributed by atoms with van der Waals surface area (Å²) in [5.41, 5.74) is 0.0390. The van der Waals surface area contributed by atoms with Gasteiger partial charge in [0.25, 0.3) is 0 Å². The Kier molecular flexibility index (Phi) is 6.24. The van der Waals surface area contributed by atoms with Gasteiger partial charge in [-0.05, 0) is 18.2 Å². The lowest BCUT2D eigenvalue weighted by atomic mass is 10.1. The van der Waals surface area contributed by atoms with Crippen molar-refractivity contribution in [3.05, 3.63) is 18.2 Å². The van der Waals surface area contributed by atoms with Gasteiger partial charge in [-0.1, -0.05) is 0 Å². The summed E-state index contributed by atoms with van der Waals surface area (Å²) in [7, 11) is 0.226. The smallest absolute Gasteiger partial charge is 0.406 e. The second-order valence-electron chi connectivity index (χ2n) is 6.43. The third-order valence-electron chi connectivity index (χ3n) is 4.16. The first-order valence-electron chi connectivity index (χ1n) is 8.11. The molecule has 1 atom stereocenters. The van der Waals surface area contributed by atoms with Crippen LogP contribution in [0.25, 0.3) is 0 Å². The van der Waals surface area contributed by atoms with Crippen LogP contribution in [0.4, 0.5) is 18.9 Å². The zero-order valence-electron chi connectivity index (χ0n) is 15.4. The lowest BCUT2D eigenvalue weighted by Gasteiger charge is -2.19. The molecule has 1 saturated heterocycles. The molecule has 8 nitrogen and oxygen atoms in total. The molecule has 1 fully saturated rings. The second kappa shape index (κ2) is 7.95. The van der Waals surface area contributed by atoms with E-state index in [-0.39, 0.29) is 29.3 Å². The molecule has 1 aromatic rings. The van der Waals surface area contributed by atoms with Crippen LogP contribution in [0, 0.1) is 5.92 Å². The Balaban J connectivity index is 2.21. The quantitative estimate of drug-likeness (QED) is 0.744. The van der Waals surface area contributed by atoms with Gasteiger partial charge in [0.05, 0.1) is 23.6 Å². The molecule has 2 rings (SSSR count). The van der Waals surface area contributed by atoms with E-state index in [1.54, 1.807) is 0 Å². The highest BCUT2D eigenvalue weighted by molar-refractivity contribution is 7.89. The molecule has 0 aromatic heterocycles. The lowest BCUT2D eigenvalue weighted by molar-refractivity contribution is -0.157. The number of carbonyl (C=O) groups is 2. The van der Waals surface area contributed by atoms with E-state index in [0.29, 0.717) is 4.90 Å². The normalized spacial score (nSPS) is 17.9. The maximum absolute atomic E-state index is 12.5. The van der Waals surface area contributed by atoms with Crippen molar-refractivity contribution in [3.8, 4) is 5.75 Å². The number of methoxy groups -OCH3 is 1. The van der Waals surface area contributed by atoms with Gasteiger partial charge < -0.3 is 15.0 Å².